The zero-order chi connectivity index (χ0) is 18.8. The number of morpholine rings is 1. The summed E-state index contributed by atoms with van der Waals surface area (Å²) in [6.07, 6.45) is 1.71. The van der Waals surface area contributed by atoms with Gasteiger partial charge in [0.1, 0.15) is 5.75 Å². The Kier molecular flexibility index (Phi) is 5.33. The third-order valence-corrected chi connectivity index (χ3v) is 5.48. The second-order valence-electron chi connectivity index (χ2n) is 6.11. The van der Waals surface area contributed by atoms with Crippen LogP contribution in [0.4, 0.5) is 17.1 Å². The molecule has 0 aliphatic carbocycles. The van der Waals surface area contributed by atoms with Gasteiger partial charge in [0, 0.05) is 36.4 Å². The van der Waals surface area contributed by atoms with Crippen molar-refractivity contribution >= 4 is 55.5 Å². The summed E-state index contributed by atoms with van der Waals surface area (Å²) in [5, 5.41) is 4.54. The third kappa shape index (κ3) is 3.81. The number of anilines is 3. The molecule has 0 radical (unpaired) electrons. The van der Waals surface area contributed by atoms with Gasteiger partial charge in [-0.15, -0.1) is 0 Å². The van der Waals surface area contributed by atoms with Crippen LogP contribution in [0, 0.1) is 0 Å². The predicted molar refractivity (Wildman–Crippen MR) is 112 cm³/mol. The predicted octanol–water partition coefficient (Wildman–Crippen LogP) is 4.63. The molecule has 1 saturated heterocycles. The van der Waals surface area contributed by atoms with Crippen LogP contribution in [0.15, 0.2) is 41.0 Å². The summed E-state index contributed by atoms with van der Waals surface area (Å²) in [5.74, 6) is 0.770. The van der Waals surface area contributed by atoms with E-state index in [1.807, 2.05) is 24.3 Å². The minimum atomic E-state index is 0.216. The molecule has 3 aromatic rings. The maximum absolute atomic E-state index is 5.95. The molecule has 0 spiro atoms. The maximum Gasteiger partial charge on any atom is 0.222 e. The van der Waals surface area contributed by atoms with Crippen molar-refractivity contribution in [2.75, 3.05) is 43.6 Å². The lowest BCUT2D eigenvalue weighted by atomic mass is 10.2. The number of halogens is 2. The highest BCUT2D eigenvalue weighted by Crippen LogP contribution is 2.37. The maximum atomic E-state index is 5.95. The van der Waals surface area contributed by atoms with Gasteiger partial charge in [-0.05, 0) is 51.8 Å². The van der Waals surface area contributed by atoms with E-state index in [-0.39, 0.29) is 5.28 Å². The number of nitrogens with one attached hydrogen (secondary N) is 1. The summed E-state index contributed by atoms with van der Waals surface area (Å²) < 4.78 is 11.9. The van der Waals surface area contributed by atoms with E-state index in [0.29, 0.717) is 0 Å². The topological polar surface area (TPSA) is 59.5 Å². The molecule has 140 valence electrons. The van der Waals surface area contributed by atoms with E-state index in [1.54, 1.807) is 13.3 Å². The molecule has 1 fully saturated rings. The summed E-state index contributed by atoms with van der Waals surface area (Å²) in [7, 11) is 1.67. The number of fused-ring (bicyclic) bond motifs is 1. The molecule has 2 heterocycles. The molecule has 0 unspecified atom stereocenters. The Balaban J connectivity index is 1.65. The van der Waals surface area contributed by atoms with E-state index in [4.69, 9.17) is 21.1 Å². The second kappa shape index (κ2) is 7.88. The molecule has 27 heavy (non-hydrogen) atoms. The van der Waals surface area contributed by atoms with Crippen LogP contribution in [-0.2, 0) is 4.74 Å². The van der Waals surface area contributed by atoms with Crippen LogP contribution < -0.4 is 15.0 Å². The molecule has 4 rings (SSSR count). The normalized spacial score (nSPS) is 14.4. The first-order valence-corrected chi connectivity index (χ1v) is 9.71. The third-order valence-electron chi connectivity index (χ3n) is 4.49. The molecule has 1 aliphatic heterocycles. The van der Waals surface area contributed by atoms with Crippen molar-refractivity contribution in [3.8, 4) is 5.75 Å². The number of aromatic nitrogens is 2. The van der Waals surface area contributed by atoms with Gasteiger partial charge < -0.3 is 19.7 Å². The van der Waals surface area contributed by atoms with Crippen molar-refractivity contribution in [3.63, 3.8) is 0 Å². The smallest absolute Gasteiger partial charge is 0.222 e. The van der Waals surface area contributed by atoms with Gasteiger partial charge in [0.05, 0.1) is 41.7 Å². The van der Waals surface area contributed by atoms with Crippen LogP contribution in [0.1, 0.15) is 0 Å². The minimum Gasteiger partial charge on any atom is -0.494 e. The van der Waals surface area contributed by atoms with Crippen molar-refractivity contribution in [1.29, 1.82) is 0 Å². The van der Waals surface area contributed by atoms with Crippen molar-refractivity contribution in [2.45, 2.75) is 0 Å². The Morgan fingerprint density at radius 3 is 2.74 bits per heavy atom. The Labute approximate surface area is 170 Å². The molecule has 8 heteroatoms. The van der Waals surface area contributed by atoms with Crippen molar-refractivity contribution in [1.82, 2.24) is 9.97 Å². The standard InChI is InChI=1S/C19H18BrClN4O2/c1-26-16-10-13(25-6-8-27-9-7-25)3-5-14(16)23-15-4-2-12-11-22-19(21)24-18(12)17(15)20/h2-5,10-11,23H,6-9H2,1H3. The Hall–Kier alpha value is -2.09. The molecule has 0 amide bonds. The highest BCUT2D eigenvalue weighted by molar-refractivity contribution is 9.10. The first-order valence-electron chi connectivity index (χ1n) is 8.54. The van der Waals surface area contributed by atoms with Gasteiger partial charge in [0.2, 0.25) is 5.28 Å². The summed E-state index contributed by atoms with van der Waals surface area (Å²) >= 11 is 9.57. The zero-order valence-corrected chi connectivity index (χ0v) is 17.0. The molecule has 6 nitrogen and oxygen atoms in total. The Bertz CT molecular complexity index is 979. The molecule has 2 aromatic carbocycles. The largest absolute Gasteiger partial charge is 0.494 e. The summed E-state index contributed by atoms with van der Waals surface area (Å²) in [5.41, 5.74) is 3.62. The lowest BCUT2D eigenvalue weighted by Gasteiger charge is -2.29. The molecule has 0 atom stereocenters. The van der Waals surface area contributed by atoms with Gasteiger partial charge >= 0.3 is 0 Å². The number of ether oxygens (including phenoxy) is 2. The molecule has 1 aliphatic rings. The number of hydrogen-bond donors (Lipinski definition) is 1. The van der Waals surface area contributed by atoms with Crippen molar-refractivity contribution < 1.29 is 9.47 Å². The average molecular weight is 450 g/mol. The van der Waals surface area contributed by atoms with E-state index in [9.17, 15) is 0 Å². The van der Waals surface area contributed by atoms with Crippen LogP contribution >= 0.6 is 27.5 Å². The number of rotatable bonds is 4. The van der Waals surface area contributed by atoms with Crippen molar-refractivity contribution in [3.05, 3.63) is 46.3 Å². The van der Waals surface area contributed by atoms with E-state index in [1.165, 1.54) is 0 Å². The number of benzene rings is 2. The van der Waals surface area contributed by atoms with Crippen LogP contribution in [0.3, 0.4) is 0 Å². The lowest BCUT2D eigenvalue weighted by Crippen LogP contribution is -2.36. The molecule has 0 saturated carbocycles. The van der Waals surface area contributed by atoms with Gasteiger partial charge in [0.15, 0.2) is 0 Å². The fraction of sp³-hybridized carbons (Fsp3) is 0.263. The van der Waals surface area contributed by atoms with E-state index >= 15 is 0 Å². The first kappa shape index (κ1) is 18.3. The first-order chi connectivity index (χ1) is 13.2. The number of hydrogen-bond acceptors (Lipinski definition) is 6. The molecule has 1 aromatic heterocycles. The Morgan fingerprint density at radius 1 is 1.19 bits per heavy atom. The number of nitrogens with zero attached hydrogens (tertiary/aromatic N) is 3. The van der Waals surface area contributed by atoms with Gasteiger partial charge in [-0.25, -0.2) is 9.97 Å². The van der Waals surface area contributed by atoms with E-state index in [2.05, 4.69) is 42.2 Å². The van der Waals surface area contributed by atoms with Crippen LogP contribution in [0.2, 0.25) is 5.28 Å². The molecular formula is C19H18BrClN4O2. The molecular weight excluding hydrogens is 432 g/mol. The summed E-state index contributed by atoms with van der Waals surface area (Å²) in [6.45, 7) is 3.26. The van der Waals surface area contributed by atoms with Crippen LogP contribution in [0.25, 0.3) is 10.9 Å². The SMILES string of the molecule is COc1cc(N2CCOCC2)ccc1Nc1ccc2cnc(Cl)nc2c1Br. The molecule has 0 bridgehead atoms. The molecule has 1 N–H and O–H groups in total. The minimum absolute atomic E-state index is 0.216. The fourth-order valence-corrected chi connectivity index (χ4v) is 3.77. The van der Waals surface area contributed by atoms with Crippen molar-refractivity contribution in [2.24, 2.45) is 0 Å². The summed E-state index contributed by atoms with van der Waals surface area (Å²) in [6, 6.07) is 10.1. The monoisotopic (exact) mass is 448 g/mol. The van der Waals surface area contributed by atoms with Crippen LogP contribution in [-0.4, -0.2) is 43.4 Å². The quantitative estimate of drug-likeness (QED) is 0.586. The fourth-order valence-electron chi connectivity index (χ4n) is 3.08. The zero-order valence-electron chi connectivity index (χ0n) is 14.7. The second-order valence-corrected chi connectivity index (χ2v) is 7.24. The van der Waals surface area contributed by atoms with Gasteiger partial charge in [-0.2, -0.15) is 0 Å². The van der Waals surface area contributed by atoms with Gasteiger partial charge in [-0.3, -0.25) is 0 Å². The van der Waals surface area contributed by atoms with E-state index in [0.717, 1.165) is 64.5 Å². The summed E-state index contributed by atoms with van der Waals surface area (Å²) in [4.78, 5) is 10.6. The van der Waals surface area contributed by atoms with Gasteiger partial charge in [0.25, 0.3) is 0 Å². The Morgan fingerprint density at radius 2 is 1.96 bits per heavy atom. The number of methoxy groups -OCH3 is 1. The van der Waals surface area contributed by atoms with Gasteiger partial charge in [-0.1, -0.05) is 0 Å². The van der Waals surface area contributed by atoms with Crippen LogP contribution in [0.5, 0.6) is 5.75 Å². The lowest BCUT2D eigenvalue weighted by molar-refractivity contribution is 0.122. The average Bonchev–Trinajstić information content (AvgIpc) is 2.71. The van der Waals surface area contributed by atoms with E-state index < -0.39 is 0 Å². The highest BCUT2D eigenvalue weighted by Gasteiger charge is 2.15. The highest BCUT2D eigenvalue weighted by atomic mass is 79.9.